The molecule has 1 amide bonds. The Hall–Kier alpha value is -2.96. The third kappa shape index (κ3) is 2.79. The molecule has 2 N–H and O–H groups in total. The van der Waals surface area contributed by atoms with Gasteiger partial charge in [-0.3, -0.25) is 4.79 Å². The van der Waals surface area contributed by atoms with Gasteiger partial charge in [0.15, 0.2) is 5.69 Å². The summed E-state index contributed by atoms with van der Waals surface area (Å²) in [4.78, 5) is 11.7. The summed E-state index contributed by atoms with van der Waals surface area (Å²) in [6.07, 6.45) is -2.81. The molecular formula is C19H14F3N3O. The molecule has 132 valence electrons. The van der Waals surface area contributed by atoms with Gasteiger partial charge in [-0.25, -0.2) is 0 Å². The molecule has 1 heterocycles. The van der Waals surface area contributed by atoms with Crippen LogP contribution < -0.4 is 5.73 Å². The van der Waals surface area contributed by atoms with E-state index in [1.165, 1.54) is 6.07 Å². The fraction of sp³-hybridized carbons (Fsp3) is 0.211. The van der Waals surface area contributed by atoms with Crippen molar-refractivity contribution in [2.45, 2.75) is 24.9 Å². The zero-order valence-corrected chi connectivity index (χ0v) is 13.5. The molecule has 1 saturated carbocycles. The lowest BCUT2D eigenvalue weighted by Gasteiger charge is -2.13. The van der Waals surface area contributed by atoms with Crippen molar-refractivity contribution in [1.82, 2.24) is 10.2 Å². The predicted molar refractivity (Wildman–Crippen MR) is 90.5 cm³/mol. The number of aromatic nitrogens is 2. The Labute approximate surface area is 146 Å². The largest absolute Gasteiger partial charge is 0.435 e. The van der Waals surface area contributed by atoms with Crippen molar-refractivity contribution < 1.29 is 18.0 Å². The maximum absolute atomic E-state index is 13.4. The van der Waals surface area contributed by atoms with Gasteiger partial charge in [-0.05, 0) is 36.1 Å². The van der Waals surface area contributed by atoms with Crippen LogP contribution >= 0.6 is 0 Å². The first-order valence-corrected chi connectivity index (χ1v) is 8.13. The van der Waals surface area contributed by atoms with Gasteiger partial charge in [0, 0.05) is 22.3 Å². The van der Waals surface area contributed by atoms with Crippen LogP contribution in [0.15, 0.2) is 42.5 Å². The lowest BCUT2D eigenvalue weighted by atomic mass is 9.95. The van der Waals surface area contributed by atoms with Crippen LogP contribution in [0.4, 0.5) is 13.2 Å². The van der Waals surface area contributed by atoms with Crippen molar-refractivity contribution in [3.63, 3.8) is 0 Å². The second-order valence-electron chi connectivity index (χ2n) is 6.38. The average Bonchev–Trinajstić information content (AvgIpc) is 3.44. The second kappa shape index (κ2) is 5.79. The molecule has 2 aromatic carbocycles. The third-order valence-corrected chi connectivity index (χ3v) is 4.54. The highest BCUT2D eigenvalue weighted by Crippen LogP contribution is 2.44. The van der Waals surface area contributed by atoms with E-state index < -0.39 is 17.8 Å². The van der Waals surface area contributed by atoms with Gasteiger partial charge in [-0.15, -0.1) is 5.10 Å². The minimum absolute atomic E-state index is 0.00817. The maximum Gasteiger partial charge on any atom is 0.435 e. The Kier molecular flexibility index (Phi) is 3.68. The quantitative estimate of drug-likeness (QED) is 0.760. The number of nitrogens with zero attached hydrogens (tertiary/aromatic N) is 2. The minimum Gasteiger partial charge on any atom is -0.366 e. The number of benzene rings is 2. The fourth-order valence-corrected chi connectivity index (χ4v) is 3.16. The molecular weight excluding hydrogens is 343 g/mol. The number of hydrogen-bond acceptors (Lipinski definition) is 3. The molecule has 1 aromatic heterocycles. The van der Waals surface area contributed by atoms with Gasteiger partial charge in [0.1, 0.15) is 0 Å². The van der Waals surface area contributed by atoms with Crippen molar-refractivity contribution in [1.29, 1.82) is 0 Å². The van der Waals surface area contributed by atoms with E-state index in [1.54, 1.807) is 36.4 Å². The Balaban J connectivity index is 1.98. The van der Waals surface area contributed by atoms with Crippen molar-refractivity contribution in [2.75, 3.05) is 0 Å². The van der Waals surface area contributed by atoms with E-state index in [0.717, 1.165) is 12.8 Å². The zero-order valence-electron chi connectivity index (χ0n) is 13.5. The predicted octanol–water partition coefficient (Wildman–Crippen LogP) is 4.29. The van der Waals surface area contributed by atoms with Gasteiger partial charge >= 0.3 is 6.18 Å². The monoisotopic (exact) mass is 357 g/mol. The van der Waals surface area contributed by atoms with E-state index in [0.29, 0.717) is 22.2 Å². The lowest BCUT2D eigenvalue weighted by molar-refractivity contribution is -0.140. The number of amides is 1. The summed E-state index contributed by atoms with van der Waals surface area (Å²) >= 11 is 0. The number of nitrogens with two attached hydrogens (primary N) is 1. The molecule has 4 nitrogen and oxygen atoms in total. The van der Waals surface area contributed by atoms with Crippen LogP contribution in [0.25, 0.3) is 21.9 Å². The maximum atomic E-state index is 13.4. The topological polar surface area (TPSA) is 68.9 Å². The Morgan fingerprint density at radius 2 is 1.77 bits per heavy atom. The summed E-state index contributed by atoms with van der Waals surface area (Å²) in [7, 11) is 0. The number of hydrogen-bond donors (Lipinski definition) is 1. The Morgan fingerprint density at radius 1 is 1.04 bits per heavy atom. The molecule has 0 unspecified atom stereocenters. The number of fused-ring (bicyclic) bond motifs is 1. The van der Waals surface area contributed by atoms with Crippen molar-refractivity contribution in [3.05, 3.63) is 59.4 Å². The Morgan fingerprint density at radius 3 is 2.42 bits per heavy atom. The average molecular weight is 357 g/mol. The third-order valence-electron chi connectivity index (χ3n) is 4.54. The van der Waals surface area contributed by atoms with Crippen molar-refractivity contribution in [2.24, 2.45) is 5.73 Å². The lowest BCUT2D eigenvalue weighted by Crippen LogP contribution is -2.13. The van der Waals surface area contributed by atoms with Gasteiger partial charge in [-0.1, -0.05) is 30.3 Å². The molecule has 1 aliphatic carbocycles. The molecule has 0 radical (unpaired) electrons. The van der Waals surface area contributed by atoms with Crippen LogP contribution in [0, 0.1) is 0 Å². The highest BCUT2D eigenvalue weighted by atomic mass is 19.4. The molecule has 3 aromatic rings. The highest BCUT2D eigenvalue weighted by Gasteiger charge is 2.37. The number of primary amides is 1. The number of rotatable bonds is 3. The Bertz CT molecular complexity index is 1030. The molecule has 0 saturated heterocycles. The number of carbonyl (C=O) groups excluding carboxylic acids is 1. The molecule has 0 bridgehead atoms. The molecule has 0 aliphatic heterocycles. The molecule has 26 heavy (non-hydrogen) atoms. The standard InChI is InChI=1S/C19H14F3N3O/c20-19(21,22)17-15-9-11(12-3-1-2-4-14(12)18(23)26)7-8-13(15)16(24-25-17)10-5-6-10/h1-4,7-10H,5-6H2,(H2,23,26). The molecule has 0 spiro atoms. The van der Waals surface area contributed by atoms with Crippen molar-refractivity contribution in [3.8, 4) is 11.1 Å². The van der Waals surface area contributed by atoms with Crippen LogP contribution in [-0.4, -0.2) is 16.1 Å². The van der Waals surface area contributed by atoms with Crippen molar-refractivity contribution >= 4 is 16.7 Å². The molecule has 1 fully saturated rings. The van der Waals surface area contributed by atoms with Crippen LogP contribution in [-0.2, 0) is 6.18 Å². The van der Waals surface area contributed by atoms with Crippen LogP contribution in [0.5, 0.6) is 0 Å². The number of carbonyl (C=O) groups is 1. The first-order valence-electron chi connectivity index (χ1n) is 8.13. The van der Waals surface area contributed by atoms with E-state index in [-0.39, 0.29) is 16.9 Å². The molecule has 7 heteroatoms. The summed E-state index contributed by atoms with van der Waals surface area (Å²) in [5.41, 5.74) is 6.20. The van der Waals surface area contributed by atoms with E-state index in [2.05, 4.69) is 10.2 Å². The van der Waals surface area contributed by atoms with Crippen LogP contribution in [0.2, 0.25) is 0 Å². The normalized spacial score (nSPS) is 14.6. The summed E-state index contributed by atoms with van der Waals surface area (Å²) in [6, 6.07) is 11.3. The number of alkyl halides is 3. The smallest absolute Gasteiger partial charge is 0.366 e. The SMILES string of the molecule is NC(=O)c1ccccc1-c1ccc2c(C3CC3)nnc(C(F)(F)F)c2c1. The van der Waals surface area contributed by atoms with Gasteiger partial charge in [0.05, 0.1) is 5.69 Å². The summed E-state index contributed by atoms with van der Waals surface area (Å²) < 4.78 is 40.3. The second-order valence-corrected chi connectivity index (χ2v) is 6.38. The zero-order chi connectivity index (χ0) is 18.5. The van der Waals surface area contributed by atoms with E-state index in [4.69, 9.17) is 5.73 Å². The van der Waals surface area contributed by atoms with Gasteiger partial charge in [-0.2, -0.15) is 18.3 Å². The summed E-state index contributed by atoms with van der Waals surface area (Å²) in [5.74, 6) is -0.473. The fourth-order valence-electron chi connectivity index (χ4n) is 3.16. The minimum atomic E-state index is -4.62. The van der Waals surface area contributed by atoms with E-state index in [1.807, 2.05) is 0 Å². The van der Waals surface area contributed by atoms with Gasteiger partial charge in [0.25, 0.3) is 0 Å². The molecule has 4 rings (SSSR count). The number of halogens is 3. The van der Waals surface area contributed by atoms with Gasteiger partial charge in [0.2, 0.25) is 5.91 Å². The van der Waals surface area contributed by atoms with E-state index in [9.17, 15) is 18.0 Å². The van der Waals surface area contributed by atoms with E-state index >= 15 is 0 Å². The molecule has 1 aliphatic rings. The summed E-state index contributed by atoms with van der Waals surface area (Å²) in [5, 5.41) is 7.75. The van der Waals surface area contributed by atoms with Crippen LogP contribution in [0.1, 0.15) is 40.5 Å². The molecule has 0 atom stereocenters. The van der Waals surface area contributed by atoms with Crippen LogP contribution in [0.3, 0.4) is 0 Å². The first kappa shape index (κ1) is 16.5. The summed E-state index contributed by atoms with van der Waals surface area (Å²) in [6.45, 7) is 0. The highest BCUT2D eigenvalue weighted by molar-refractivity contribution is 6.01. The first-order chi connectivity index (χ1) is 12.4. The van der Waals surface area contributed by atoms with Gasteiger partial charge < -0.3 is 5.73 Å².